The highest BCUT2D eigenvalue weighted by Gasteiger charge is 2.33. The molecule has 0 radical (unpaired) electrons. The molecular weight excluding hydrogens is 136 g/mol. The van der Waals surface area contributed by atoms with Crippen LogP contribution in [0.1, 0.15) is 6.42 Å². The summed E-state index contributed by atoms with van der Waals surface area (Å²) in [7, 11) is 1.47. The molecular formula is C6H12O4. The lowest BCUT2D eigenvalue weighted by molar-refractivity contribution is -0.153. The summed E-state index contributed by atoms with van der Waals surface area (Å²) >= 11 is 0. The zero-order chi connectivity index (χ0) is 7.56. The van der Waals surface area contributed by atoms with E-state index in [9.17, 15) is 0 Å². The summed E-state index contributed by atoms with van der Waals surface area (Å²) in [4.78, 5) is 0. The van der Waals surface area contributed by atoms with E-state index in [0.29, 0.717) is 6.42 Å². The van der Waals surface area contributed by atoms with Gasteiger partial charge >= 0.3 is 0 Å². The zero-order valence-electron chi connectivity index (χ0n) is 5.86. The van der Waals surface area contributed by atoms with Gasteiger partial charge < -0.3 is 19.7 Å². The van der Waals surface area contributed by atoms with Crippen molar-refractivity contribution in [2.75, 3.05) is 13.7 Å². The Kier molecular flexibility index (Phi) is 2.62. The van der Waals surface area contributed by atoms with E-state index in [0.717, 1.165) is 0 Å². The lowest BCUT2D eigenvalue weighted by atomic mass is 10.2. The van der Waals surface area contributed by atoms with Gasteiger partial charge in [0.05, 0.1) is 12.7 Å². The molecule has 1 aliphatic heterocycles. The molecule has 0 aromatic rings. The highest BCUT2D eigenvalue weighted by atomic mass is 16.7. The Balaban J connectivity index is 2.36. The lowest BCUT2D eigenvalue weighted by Gasteiger charge is -2.10. The topological polar surface area (TPSA) is 58.9 Å². The van der Waals surface area contributed by atoms with Crippen LogP contribution < -0.4 is 0 Å². The van der Waals surface area contributed by atoms with Crippen molar-refractivity contribution in [3.63, 3.8) is 0 Å². The highest BCUT2D eigenvalue weighted by Crippen LogP contribution is 2.19. The predicted octanol–water partition coefficient (Wildman–Crippen LogP) is -0.899. The molecule has 4 heteroatoms. The van der Waals surface area contributed by atoms with Gasteiger partial charge in [0.1, 0.15) is 6.10 Å². The second kappa shape index (κ2) is 3.30. The second-order valence-corrected chi connectivity index (χ2v) is 2.35. The quantitative estimate of drug-likeness (QED) is 0.533. The zero-order valence-corrected chi connectivity index (χ0v) is 5.86. The molecule has 2 N–H and O–H groups in total. The fourth-order valence-corrected chi connectivity index (χ4v) is 1.05. The molecule has 0 aliphatic carbocycles. The Morgan fingerprint density at radius 1 is 1.70 bits per heavy atom. The van der Waals surface area contributed by atoms with Crippen LogP contribution in [0.4, 0.5) is 0 Å². The minimum Gasteiger partial charge on any atom is -0.394 e. The molecule has 0 unspecified atom stereocenters. The van der Waals surface area contributed by atoms with Gasteiger partial charge in [0.2, 0.25) is 0 Å². The van der Waals surface area contributed by atoms with E-state index in [1.165, 1.54) is 7.11 Å². The molecule has 1 aliphatic rings. The van der Waals surface area contributed by atoms with Crippen molar-refractivity contribution in [2.24, 2.45) is 0 Å². The van der Waals surface area contributed by atoms with Gasteiger partial charge in [-0.1, -0.05) is 0 Å². The van der Waals surface area contributed by atoms with Gasteiger partial charge in [0, 0.05) is 13.5 Å². The van der Waals surface area contributed by atoms with Crippen LogP contribution in [0.2, 0.25) is 0 Å². The van der Waals surface area contributed by atoms with Crippen LogP contribution >= 0.6 is 0 Å². The van der Waals surface area contributed by atoms with Gasteiger partial charge in [0.15, 0.2) is 6.29 Å². The molecule has 10 heavy (non-hydrogen) atoms. The Hall–Kier alpha value is -0.160. The molecule has 3 atom stereocenters. The average Bonchev–Trinajstić information content (AvgIpc) is 2.30. The number of aliphatic hydroxyl groups excluding tert-OH is 2. The van der Waals surface area contributed by atoms with Crippen molar-refractivity contribution in [2.45, 2.75) is 24.9 Å². The molecule has 4 nitrogen and oxygen atoms in total. The first kappa shape index (κ1) is 7.94. The molecule has 0 saturated carbocycles. The van der Waals surface area contributed by atoms with Gasteiger partial charge in [-0.05, 0) is 0 Å². The first-order valence-corrected chi connectivity index (χ1v) is 3.25. The first-order valence-electron chi connectivity index (χ1n) is 3.25. The van der Waals surface area contributed by atoms with Crippen molar-refractivity contribution in [1.29, 1.82) is 0 Å². The summed E-state index contributed by atoms with van der Waals surface area (Å²) < 4.78 is 9.82. The molecule has 0 aromatic heterocycles. The summed E-state index contributed by atoms with van der Waals surface area (Å²) in [6, 6.07) is 0. The van der Waals surface area contributed by atoms with Crippen LogP contribution in [-0.4, -0.2) is 42.4 Å². The van der Waals surface area contributed by atoms with E-state index >= 15 is 0 Å². The van der Waals surface area contributed by atoms with E-state index in [1.54, 1.807) is 0 Å². The Bertz CT molecular complexity index is 106. The fourth-order valence-electron chi connectivity index (χ4n) is 1.05. The van der Waals surface area contributed by atoms with Crippen LogP contribution in [0.5, 0.6) is 0 Å². The molecule has 60 valence electrons. The SMILES string of the molecule is CO[C@H]1O[C@H](CO)C[C@H]1O. The van der Waals surface area contributed by atoms with Crippen molar-refractivity contribution in [1.82, 2.24) is 0 Å². The minimum atomic E-state index is -0.595. The monoisotopic (exact) mass is 148 g/mol. The number of hydrogen-bond acceptors (Lipinski definition) is 4. The van der Waals surface area contributed by atoms with E-state index in [-0.39, 0.29) is 12.7 Å². The number of ether oxygens (including phenoxy) is 2. The van der Waals surface area contributed by atoms with Gasteiger partial charge in [-0.3, -0.25) is 0 Å². The van der Waals surface area contributed by atoms with E-state index in [1.807, 2.05) is 0 Å². The largest absolute Gasteiger partial charge is 0.394 e. The summed E-state index contributed by atoms with van der Waals surface area (Å²) in [6.07, 6.45) is -0.964. The average molecular weight is 148 g/mol. The van der Waals surface area contributed by atoms with Gasteiger partial charge in [-0.15, -0.1) is 0 Å². The maximum atomic E-state index is 9.13. The molecule has 1 fully saturated rings. The third-order valence-corrected chi connectivity index (χ3v) is 1.58. The predicted molar refractivity (Wildman–Crippen MR) is 33.4 cm³/mol. The standard InChI is InChI=1S/C6H12O4/c1-9-6-5(8)2-4(3-7)10-6/h4-8H,2-3H2,1H3/t4-,5+,6-/m0/s1. The molecule has 1 heterocycles. The maximum absolute atomic E-state index is 9.13. The van der Waals surface area contributed by atoms with Crippen LogP contribution in [0, 0.1) is 0 Å². The fraction of sp³-hybridized carbons (Fsp3) is 1.00. The number of methoxy groups -OCH3 is 1. The van der Waals surface area contributed by atoms with Gasteiger partial charge in [-0.25, -0.2) is 0 Å². The summed E-state index contributed by atoms with van der Waals surface area (Å²) in [5, 5.41) is 17.7. The number of rotatable bonds is 2. The molecule has 0 spiro atoms. The number of hydrogen-bond donors (Lipinski definition) is 2. The van der Waals surface area contributed by atoms with E-state index < -0.39 is 12.4 Å². The van der Waals surface area contributed by atoms with E-state index in [4.69, 9.17) is 19.7 Å². The third-order valence-electron chi connectivity index (χ3n) is 1.58. The Morgan fingerprint density at radius 3 is 2.70 bits per heavy atom. The Labute approximate surface area is 59.4 Å². The summed E-state index contributed by atoms with van der Waals surface area (Å²) in [5.41, 5.74) is 0. The highest BCUT2D eigenvalue weighted by molar-refractivity contribution is 4.75. The van der Waals surface area contributed by atoms with Crippen LogP contribution in [0.3, 0.4) is 0 Å². The third kappa shape index (κ3) is 1.46. The molecule has 1 rings (SSSR count). The summed E-state index contributed by atoms with van der Waals surface area (Å²) in [6.45, 7) is -0.0586. The Morgan fingerprint density at radius 2 is 2.40 bits per heavy atom. The lowest BCUT2D eigenvalue weighted by Crippen LogP contribution is -2.22. The van der Waals surface area contributed by atoms with Crippen LogP contribution in [-0.2, 0) is 9.47 Å². The molecule has 1 saturated heterocycles. The van der Waals surface area contributed by atoms with Crippen molar-refractivity contribution in [3.05, 3.63) is 0 Å². The maximum Gasteiger partial charge on any atom is 0.183 e. The van der Waals surface area contributed by atoms with Crippen molar-refractivity contribution >= 4 is 0 Å². The second-order valence-electron chi connectivity index (χ2n) is 2.35. The molecule has 0 amide bonds. The van der Waals surface area contributed by atoms with Crippen LogP contribution in [0.15, 0.2) is 0 Å². The van der Waals surface area contributed by atoms with Crippen molar-refractivity contribution < 1.29 is 19.7 Å². The normalized spacial score (nSPS) is 40.5. The van der Waals surface area contributed by atoms with Gasteiger partial charge in [-0.2, -0.15) is 0 Å². The molecule has 0 aromatic carbocycles. The summed E-state index contributed by atoms with van der Waals surface area (Å²) in [5.74, 6) is 0. The van der Waals surface area contributed by atoms with Crippen molar-refractivity contribution in [3.8, 4) is 0 Å². The molecule has 0 bridgehead atoms. The van der Waals surface area contributed by atoms with Gasteiger partial charge in [0.25, 0.3) is 0 Å². The van der Waals surface area contributed by atoms with E-state index in [2.05, 4.69) is 0 Å². The smallest absolute Gasteiger partial charge is 0.183 e. The van der Waals surface area contributed by atoms with Crippen LogP contribution in [0.25, 0.3) is 0 Å². The first-order chi connectivity index (χ1) is 4.77. The minimum absolute atomic E-state index is 0.0586. The number of aliphatic hydroxyl groups is 2.